The lowest BCUT2D eigenvalue weighted by molar-refractivity contribution is -0.769. The number of aryl methyl sites for hydroxylation is 1. The molecular weight excluding hydrogens is 512 g/mol. The standard InChI is InChI=1S/C24H23ClN2O10/c1-11-20(17-9-33-21(15(17)7-26-11)12-2-4-13(25)5-3-12)36-19(28)6-14(24(29)30)16-8-34-23-18(37-27(31)32)10-35-22(16)23/h2-5,7,14,16,18,21-23H,6,8-10H2,1H3,(H,29,30)/t14-,16?,18+,21?,22+,23+/m0/s1. The van der Waals surface area contributed by atoms with Crippen LogP contribution < -0.4 is 4.74 Å². The van der Waals surface area contributed by atoms with Crippen LogP contribution in [0.5, 0.6) is 5.75 Å². The molecule has 2 saturated heterocycles. The number of hydrogen-bond donors (Lipinski definition) is 1. The molecule has 2 aromatic rings. The number of pyridine rings is 1. The largest absolute Gasteiger partial charge is 0.481 e. The highest BCUT2D eigenvalue weighted by atomic mass is 35.5. The molecular formula is C24H23ClN2O10. The van der Waals surface area contributed by atoms with Gasteiger partial charge in [-0.3, -0.25) is 14.6 Å². The van der Waals surface area contributed by atoms with Gasteiger partial charge in [0.15, 0.2) is 11.9 Å². The zero-order valence-corrected chi connectivity index (χ0v) is 20.3. The van der Waals surface area contributed by atoms with Gasteiger partial charge in [-0.05, 0) is 24.6 Å². The van der Waals surface area contributed by atoms with Crippen molar-refractivity contribution in [2.75, 3.05) is 13.2 Å². The number of aliphatic carboxylic acids is 1. The SMILES string of the molecule is Cc1ncc2c(c1OC(=O)C[C@H](C(=O)O)C1CO[C@H]3[C@@H]1OC[C@H]3O[N+](=O)[O-])COC2c1ccc(Cl)cc1. The summed E-state index contributed by atoms with van der Waals surface area (Å²) in [5.41, 5.74) is 2.73. The summed E-state index contributed by atoms with van der Waals surface area (Å²) in [7, 11) is 0. The minimum absolute atomic E-state index is 0.0465. The third-order valence-electron chi connectivity index (χ3n) is 6.90. The molecule has 0 radical (unpaired) electrons. The van der Waals surface area contributed by atoms with E-state index >= 15 is 0 Å². The molecule has 6 atom stereocenters. The zero-order valence-electron chi connectivity index (χ0n) is 19.6. The molecule has 2 unspecified atom stereocenters. The number of carbonyl (C=O) groups is 2. The molecule has 4 heterocycles. The van der Waals surface area contributed by atoms with Gasteiger partial charge in [0.05, 0.1) is 44.0 Å². The number of rotatable bonds is 8. The van der Waals surface area contributed by atoms with Crippen molar-refractivity contribution in [1.82, 2.24) is 4.98 Å². The second-order valence-corrected chi connectivity index (χ2v) is 9.54. The van der Waals surface area contributed by atoms with Crippen LogP contribution in [-0.2, 0) is 35.2 Å². The summed E-state index contributed by atoms with van der Waals surface area (Å²) >= 11 is 5.99. The first kappa shape index (κ1) is 25.3. The maximum atomic E-state index is 13.0. The second kappa shape index (κ2) is 10.2. The normalized spacial score (nSPS) is 26.8. The average molecular weight is 535 g/mol. The average Bonchev–Trinajstić information content (AvgIpc) is 3.56. The fourth-order valence-electron chi connectivity index (χ4n) is 5.13. The lowest BCUT2D eigenvalue weighted by Gasteiger charge is -2.22. The van der Waals surface area contributed by atoms with E-state index < -0.39 is 59.7 Å². The highest BCUT2D eigenvalue weighted by molar-refractivity contribution is 6.30. The van der Waals surface area contributed by atoms with E-state index in [-0.39, 0.29) is 25.6 Å². The van der Waals surface area contributed by atoms with Crippen molar-refractivity contribution in [2.45, 2.75) is 44.4 Å². The van der Waals surface area contributed by atoms with E-state index in [1.165, 1.54) is 0 Å². The zero-order chi connectivity index (χ0) is 26.3. The maximum absolute atomic E-state index is 13.0. The number of aromatic nitrogens is 1. The Morgan fingerprint density at radius 1 is 1.22 bits per heavy atom. The highest BCUT2D eigenvalue weighted by Gasteiger charge is 2.53. The number of nitrogens with zero attached hydrogens (tertiary/aromatic N) is 2. The Labute approximate surface area is 215 Å². The van der Waals surface area contributed by atoms with Crippen LogP contribution in [0.15, 0.2) is 30.5 Å². The number of carboxylic acids is 1. The van der Waals surface area contributed by atoms with Crippen LogP contribution in [0.1, 0.15) is 34.9 Å². The fraction of sp³-hybridized carbons (Fsp3) is 0.458. The van der Waals surface area contributed by atoms with E-state index in [1.54, 1.807) is 25.3 Å². The minimum atomic E-state index is -1.23. The number of ether oxygens (including phenoxy) is 4. The Balaban J connectivity index is 1.31. The van der Waals surface area contributed by atoms with Crippen molar-refractivity contribution in [3.63, 3.8) is 0 Å². The molecule has 2 fully saturated rings. The maximum Gasteiger partial charge on any atom is 0.312 e. The van der Waals surface area contributed by atoms with Crippen molar-refractivity contribution >= 4 is 23.5 Å². The quantitative estimate of drug-likeness (QED) is 0.301. The van der Waals surface area contributed by atoms with Crippen LogP contribution in [0.4, 0.5) is 0 Å². The van der Waals surface area contributed by atoms with Crippen molar-refractivity contribution in [3.8, 4) is 5.75 Å². The first-order valence-corrected chi connectivity index (χ1v) is 11.9. The Morgan fingerprint density at radius 2 is 1.95 bits per heavy atom. The van der Waals surface area contributed by atoms with Gasteiger partial charge in [-0.2, -0.15) is 0 Å². The number of carbonyl (C=O) groups excluding carboxylic acids is 1. The summed E-state index contributed by atoms with van der Waals surface area (Å²) in [6.07, 6.45) is -1.70. The van der Waals surface area contributed by atoms with Crippen LogP contribution in [0, 0.1) is 28.9 Å². The lowest BCUT2D eigenvalue weighted by atomic mass is 9.85. The summed E-state index contributed by atoms with van der Waals surface area (Å²) in [6.45, 7) is 1.71. The van der Waals surface area contributed by atoms with Crippen LogP contribution in [0.2, 0.25) is 5.02 Å². The van der Waals surface area contributed by atoms with Gasteiger partial charge in [0, 0.05) is 28.3 Å². The molecule has 196 valence electrons. The number of fused-ring (bicyclic) bond motifs is 2. The first-order valence-electron chi connectivity index (χ1n) is 11.6. The number of hydrogen-bond acceptors (Lipinski definition) is 10. The van der Waals surface area contributed by atoms with E-state index in [0.29, 0.717) is 16.3 Å². The topological polar surface area (TPSA) is 157 Å². The number of carboxylic acid groups (broad SMARTS) is 1. The molecule has 37 heavy (non-hydrogen) atoms. The van der Waals surface area contributed by atoms with E-state index in [4.69, 9.17) is 30.5 Å². The van der Waals surface area contributed by atoms with E-state index in [2.05, 4.69) is 9.82 Å². The molecule has 1 N–H and O–H groups in total. The molecule has 0 bridgehead atoms. The molecule has 0 amide bonds. The van der Waals surface area contributed by atoms with E-state index in [0.717, 1.165) is 11.1 Å². The summed E-state index contributed by atoms with van der Waals surface area (Å²) < 4.78 is 22.7. The highest BCUT2D eigenvalue weighted by Crippen LogP contribution is 2.42. The molecule has 5 rings (SSSR count). The van der Waals surface area contributed by atoms with Crippen molar-refractivity contribution in [3.05, 3.63) is 68.0 Å². The number of halogens is 1. The fourth-order valence-corrected chi connectivity index (χ4v) is 5.26. The van der Waals surface area contributed by atoms with Crippen molar-refractivity contribution < 1.29 is 43.6 Å². The first-order chi connectivity index (χ1) is 17.7. The molecule has 12 nitrogen and oxygen atoms in total. The van der Waals surface area contributed by atoms with Crippen LogP contribution in [0.25, 0.3) is 0 Å². The molecule has 13 heteroatoms. The van der Waals surface area contributed by atoms with Gasteiger partial charge in [0.25, 0.3) is 5.09 Å². The summed E-state index contributed by atoms with van der Waals surface area (Å²) in [4.78, 5) is 44.7. The Hall–Kier alpha value is -3.32. The van der Waals surface area contributed by atoms with Gasteiger partial charge >= 0.3 is 11.9 Å². The molecule has 3 aliphatic heterocycles. The Morgan fingerprint density at radius 3 is 2.65 bits per heavy atom. The van der Waals surface area contributed by atoms with Gasteiger partial charge in [0.1, 0.15) is 12.2 Å². The molecule has 1 aromatic heterocycles. The smallest absolute Gasteiger partial charge is 0.312 e. The molecule has 0 spiro atoms. The van der Waals surface area contributed by atoms with Gasteiger partial charge < -0.3 is 28.9 Å². The number of benzene rings is 1. The lowest BCUT2D eigenvalue weighted by Crippen LogP contribution is -2.37. The van der Waals surface area contributed by atoms with Crippen LogP contribution in [0.3, 0.4) is 0 Å². The third kappa shape index (κ3) is 4.97. The van der Waals surface area contributed by atoms with Crippen LogP contribution >= 0.6 is 11.6 Å². The Kier molecular flexibility index (Phi) is 6.99. The number of esters is 1. The van der Waals surface area contributed by atoms with Crippen molar-refractivity contribution in [1.29, 1.82) is 0 Å². The van der Waals surface area contributed by atoms with Crippen molar-refractivity contribution in [2.24, 2.45) is 11.8 Å². The predicted molar refractivity (Wildman–Crippen MR) is 123 cm³/mol. The van der Waals surface area contributed by atoms with Gasteiger partial charge in [0.2, 0.25) is 0 Å². The summed E-state index contributed by atoms with van der Waals surface area (Å²) in [6, 6.07) is 7.19. The van der Waals surface area contributed by atoms with Crippen LogP contribution in [-0.4, -0.2) is 58.6 Å². The Bertz CT molecular complexity index is 1220. The summed E-state index contributed by atoms with van der Waals surface area (Å²) in [5.74, 6) is -3.67. The van der Waals surface area contributed by atoms with Gasteiger partial charge in [-0.15, -0.1) is 10.1 Å². The third-order valence-corrected chi connectivity index (χ3v) is 7.15. The van der Waals surface area contributed by atoms with Gasteiger partial charge in [-0.1, -0.05) is 23.7 Å². The predicted octanol–water partition coefficient (Wildman–Crippen LogP) is 2.65. The molecule has 3 aliphatic rings. The molecule has 0 saturated carbocycles. The second-order valence-electron chi connectivity index (χ2n) is 9.10. The monoisotopic (exact) mass is 534 g/mol. The summed E-state index contributed by atoms with van der Waals surface area (Å²) in [5, 5.41) is 20.2. The van der Waals surface area contributed by atoms with E-state index in [9.17, 15) is 24.8 Å². The molecule has 1 aromatic carbocycles. The van der Waals surface area contributed by atoms with Gasteiger partial charge in [-0.25, -0.2) is 0 Å². The van der Waals surface area contributed by atoms with E-state index in [1.807, 2.05) is 12.1 Å². The minimum Gasteiger partial charge on any atom is -0.481 e. The molecule has 0 aliphatic carbocycles.